The van der Waals surface area contributed by atoms with E-state index >= 15 is 0 Å². The van der Waals surface area contributed by atoms with Crippen LogP contribution >= 0.6 is 0 Å². The van der Waals surface area contributed by atoms with Crippen LogP contribution in [0, 0.1) is 0 Å². The molecule has 4 aromatic rings. The molecule has 0 aliphatic rings. The zero-order chi connectivity index (χ0) is 20.4. The lowest BCUT2D eigenvalue weighted by molar-refractivity contribution is 0.112. The maximum Gasteiger partial charge on any atom is 0.195 e. The second-order valence-electron chi connectivity index (χ2n) is 6.04. The maximum absolute atomic E-state index is 11.9. The predicted octanol–water partition coefficient (Wildman–Crippen LogP) is 2.81. The molecule has 0 saturated carbocycles. The van der Waals surface area contributed by atoms with Gasteiger partial charge in [0.05, 0.1) is 34.7 Å². The van der Waals surface area contributed by atoms with E-state index in [0.717, 1.165) is 0 Å². The van der Waals surface area contributed by atoms with Gasteiger partial charge in [0.15, 0.2) is 27.0 Å². The topological polar surface area (TPSA) is 128 Å². The quantitative estimate of drug-likeness (QED) is 0.482. The SMILES string of the molecule is CCS(=O)(=O)c1ccc(Oc2cc3[nH]c(-c4cnccn4)nc3cc2C=O)cn1. The molecule has 0 atom stereocenters. The lowest BCUT2D eigenvalue weighted by Gasteiger charge is -2.08. The molecule has 10 heteroatoms. The third-order valence-electron chi connectivity index (χ3n) is 4.18. The Hall–Kier alpha value is -3.66. The average molecular weight is 409 g/mol. The summed E-state index contributed by atoms with van der Waals surface area (Å²) < 4.78 is 29.5. The van der Waals surface area contributed by atoms with Crippen molar-refractivity contribution < 1.29 is 17.9 Å². The third kappa shape index (κ3) is 3.69. The van der Waals surface area contributed by atoms with Crippen LogP contribution in [0.4, 0.5) is 0 Å². The highest BCUT2D eigenvalue weighted by Gasteiger charge is 2.15. The first-order valence-corrected chi connectivity index (χ1v) is 10.3. The molecule has 3 aromatic heterocycles. The number of carbonyl (C=O) groups excluding carboxylic acids is 1. The zero-order valence-electron chi connectivity index (χ0n) is 15.2. The zero-order valence-corrected chi connectivity index (χ0v) is 16.0. The second-order valence-corrected chi connectivity index (χ2v) is 8.26. The van der Waals surface area contributed by atoms with Crippen molar-refractivity contribution in [3.63, 3.8) is 0 Å². The van der Waals surface area contributed by atoms with Crippen LogP contribution in [0.15, 0.2) is 54.1 Å². The lowest BCUT2D eigenvalue weighted by atomic mass is 10.2. The minimum Gasteiger partial charge on any atom is -0.455 e. The molecule has 0 saturated heterocycles. The van der Waals surface area contributed by atoms with Gasteiger partial charge in [-0.2, -0.15) is 0 Å². The maximum atomic E-state index is 11.9. The standard InChI is InChI=1S/C19H15N5O4S/c1-2-29(26,27)18-4-3-13(9-22-18)28-17-8-15-14(7-12(17)11-25)23-19(24-15)16-10-20-5-6-21-16/h3-11H,2H2,1H3,(H,23,24). The number of nitrogens with one attached hydrogen (secondary N) is 1. The molecule has 1 N–H and O–H groups in total. The Bertz CT molecular complexity index is 1290. The van der Waals surface area contributed by atoms with Gasteiger partial charge in [-0.25, -0.2) is 23.4 Å². The van der Waals surface area contributed by atoms with Crippen LogP contribution < -0.4 is 4.74 Å². The number of aromatic nitrogens is 5. The van der Waals surface area contributed by atoms with Crippen LogP contribution in [0.5, 0.6) is 11.5 Å². The fraction of sp³-hybridized carbons (Fsp3) is 0.105. The summed E-state index contributed by atoms with van der Waals surface area (Å²) in [6, 6.07) is 6.10. The molecule has 146 valence electrons. The number of hydrogen-bond donors (Lipinski definition) is 1. The van der Waals surface area contributed by atoms with E-state index in [1.54, 1.807) is 37.6 Å². The molecule has 0 unspecified atom stereocenters. The smallest absolute Gasteiger partial charge is 0.195 e. The van der Waals surface area contributed by atoms with Crippen molar-refractivity contribution in [2.45, 2.75) is 11.9 Å². The van der Waals surface area contributed by atoms with E-state index in [2.05, 4.69) is 24.9 Å². The number of aldehydes is 1. The van der Waals surface area contributed by atoms with Gasteiger partial charge in [0, 0.05) is 18.5 Å². The Labute approximate surface area is 165 Å². The van der Waals surface area contributed by atoms with Gasteiger partial charge in [-0.15, -0.1) is 0 Å². The summed E-state index contributed by atoms with van der Waals surface area (Å²) in [5.41, 5.74) is 2.07. The Morgan fingerprint density at radius 3 is 2.66 bits per heavy atom. The molecule has 0 amide bonds. The van der Waals surface area contributed by atoms with Crippen LogP contribution in [0.3, 0.4) is 0 Å². The van der Waals surface area contributed by atoms with Crippen LogP contribution in [0.1, 0.15) is 17.3 Å². The van der Waals surface area contributed by atoms with E-state index in [1.165, 1.54) is 18.3 Å². The van der Waals surface area contributed by atoms with Crippen molar-refractivity contribution in [2.24, 2.45) is 0 Å². The Morgan fingerprint density at radius 1 is 1.14 bits per heavy atom. The first-order valence-electron chi connectivity index (χ1n) is 8.62. The van der Waals surface area contributed by atoms with Gasteiger partial charge in [0.25, 0.3) is 0 Å². The van der Waals surface area contributed by atoms with Crippen molar-refractivity contribution in [2.75, 3.05) is 5.75 Å². The van der Waals surface area contributed by atoms with Gasteiger partial charge in [0.2, 0.25) is 0 Å². The summed E-state index contributed by atoms with van der Waals surface area (Å²) in [5, 5.41) is -0.0272. The van der Waals surface area contributed by atoms with Crippen LogP contribution in [0.2, 0.25) is 0 Å². The van der Waals surface area contributed by atoms with Crippen molar-refractivity contribution >= 4 is 27.2 Å². The number of imidazole rings is 1. The number of hydrogen-bond acceptors (Lipinski definition) is 8. The number of aromatic amines is 1. The number of ether oxygens (including phenoxy) is 1. The molecular formula is C19H15N5O4S. The van der Waals surface area contributed by atoms with Crippen molar-refractivity contribution in [1.29, 1.82) is 0 Å². The van der Waals surface area contributed by atoms with E-state index in [0.29, 0.717) is 40.2 Å². The molecule has 0 fully saturated rings. The molecule has 3 heterocycles. The largest absolute Gasteiger partial charge is 0.455 e. The number of fused-ring (bicyclic) bond motifs is 1. The summed E-state index contributed by atoms with van der Waals surface area (Å²) in [5.74, 6) is 1.06. The van der Waals surface area contributed by atoms with Gasteiger partial charge < -0.3 is 9.72 Å². The van der Waals surface area contributed by atoms with E-state index in [9.17, 15) is 13.2 Å². The molecule has 29 heavy (non-hydrogen) atoms. The molecule has 0 radical (unpaired) electrons. The number of benzene rings is 1. The number of nitrogens with zero attached hydrogens (tertiary/aromatic N) is 4. The van der Waals surface area contributed by atoms with E-state index in [-0.39, 0.29) is 16.5 Å². The third-order valence-corrected chi connectivity index (χ3v) is 5.82. The number of carbonyl (C=O) groups is 1. The molecule has 0 aliphatic heterocycles. The number of H-pyrrole nitrogens is 1. The fourth-order valence-electron chi connectivity index (χ4n) is 2.66. The number of pyridine rings is 1. The summed E-state index contributed by atoms with van der Waals surface area (Å²) in [6.45, 7) is 1.55. The Morgan fingerprint density at radius 2 is 2.00 bits per heavy atom. The highest BCUT2D eigenvalue weighted by atomic mass is 32.2. The van der Waals surface area contributed by atoms with Gasteiger partial charge in [-0.1, -0.05) is 6.92 Å². The molecule has 4 rings (SSSR count). The van der Waals surface area contributed by atoms with Gasteiger partial charge in [-0.3, -0.25) is 9.78 Å². The second kappa shape index (κ2) is 7.40. The van der Waals surface area contributed by atoms with Crippen molar-refractivity contribution in [3.8, 4) is 23.0 Å². The van der Waals surface area contributed by atoms with Crippen LogP contribution in [0.25, 0.3) is 22.6 Å². The van der Waals surface area contributed by atoms with E-state index in [1.807, 2.05) is 0 Å². The molecule has 0 bridgehead atoms. The predicted molar refractivity (Wildman–Crippen MR) is 105 cm³/mol. The normalized spacial score (nSPS) is 11.5. The molecule has 0 spiro atoms. The summed E-state index contributed by atoms with van der Waals surface area (Å²) in [4.78, 5) is 31.2. The number of rotatable bonds is 6. The van der Waals surface area contributed by atoms with Crippen LogP contribution in [-0.4, -0.2) is 45.4 Å². The van der Waals surface area contributed by atoms with Gasteiger partial charge >= 0.3 is 0 Å². The van der Waals surface area contributed by atoms with E-state index in [4.69, 9.17) is 4.74 Å². The Kier molecular flexibility index (Phi) is 4.77. The minimum atomic E-state index is -3.40. The summed E-state index contributed by atoms with van der Waals surface area (Å²) in [7, 11) is -3.40. The first-order chi connectivity index (χ1) is 14.0. The molecule has 1 aromatic carbocycles. The van der Waals surface area contributed by atoms with Crippen LogP contribution in [-0.2, 0) is 9.84 Å². The summed E-state index contributed by atoms with van der Waals surface area (Å²) >= 11 is 0. The highest BCUT2D eigenvalue weighted by molar-refractivity contribution is 7.91. The Balaban J connectivity index is 1.69. The molecular weight excluding hydrogens is 394 g/mol. The monoisotopic (exact) mass is 409 g/mol. The lowest BCUT2D eigenvalue weighted by Crippen LogP contribution is -2.05. The molecule has 0 aliphatic carbocycles. The summed E-state index contributed by atoms with van der Waals surface area (Å²) in [6.07, 6.45) is 6.67. The van der Waals surface area contributed by atoms with Crippen molar-refractivity contribution in [3.05, 3.63) is 54.6 Å². The fourth-order valence-corrected chi connectivity index (χ4v) is 3.45. The minimum absolute atomic E-state index is 0.0272. The van der Waals surface area contributed by atoms with Crippen molar-refractivity contribution in [1.82, 2.24) is 24.9 Å². The van der Waals surface area contributed by atoms with E-state index < -0.39 is 9.84 Å². The highest BCUT2D eigenvalue weighted by Crippen LogP contribution is 2.29. The van der Waals surface area contributed by atoms with Gasteiger partial charge in [-0.05, 0) is 18.2 Å². The molecule has 9 nitrogen and oxygen atoms in total. The van der Waals surface area contributed by atoms with Gasteiger partial charge in [0.1, 0.15) is 17.2 Å². The first kappa shape index (κ1) is 18.7. The average Bonchev–Trinajstić information content (AvgIpc) is 3.17. The number of sulfone groups is 1.